The summed E-state index contributed by atoms with van der Waals surface area (Å²) in [6.07, 6.45) is 1.01. The monoisotopic (exact) mass is 217 g/mol. The molecule has 0 aliphatic heterocycles. The lowest BCUT2D eigenvalue weighted by atomic mass is 10.1. The largest absolute Gasteiger partial charge is 0.313 e. The Morgan fingerprint density at radius 1 is 1.38 bits per heavy atom. The number of rotatable bonds is 4. The molecular weight excluding hydrogens is 202 g/mol. The van der Waals surface area contributed by atoms with Gasteiger partial charge in [0.05, 0.1) is 12.2 Å². The van der Waals surface area contributed by atoms with Crippen molar-refractivity contribution in [3.05, 3.63) is 35.7 Å². The normalized spacial score (nSPS) is 10.6. The van der Waals surface area contributed by atoms with E-state index in [0.29, 0.717) is 6.54 Å². The smallest absolute Gasteiger partial charge is 0.170 e. The molecule has 16 heavy (non-hydrogen) atoms. The van der Waals surface area contributed by atoms with Crippen LogP contribution in [0.25, 0.3) is 5.69 Å². The Morgan fingerprint density at radius 3 is 3.00 bits per heavy atom. The van der Waals surface area contributed by atoms with Crippen LogP contribution in [0, 0.1) is 0 Å². The number of hydrogen-bond acceptors (Lipinski definition) is 4. The van der Waals surface area contributed by atoms with Gasteiger partial charge in [0.15, 0.2) is 5.82 Å². The first-order valence-corrected chi connectivity index (χ1v) is 5.36. The van der Waals surface area contributed by atoms with Crippen molar-refractivity contribution in [1.29, 1.82) is 0 Å². The zero-order valence-corrected chi connectivity index (χ0v) is 9.51. The maximum atomic E-state index is 4.00. The fourth-order valence-corrected chi connectivity index (χ4v) is 1.58. The first-order valence-electron chi connectivity index (χ1n) is 5.36. The lowest BCUT2D eigenvalue weighted by Crippen LogP contribution is -2.12. The predicted molar refractivity (Wildman–Crippen MR) is 61.3 cm³/mol. The third kappa shape index (κ3) is 2.09. The zero-order valence-electron chi connectivity index (χ0n) is 9.51. The van der Waals surface area contributed by atoms with Crippen LogP contribution >= 0.6 is 0 Å². The summed E-state index contributed by atoms with van der Waals surface area (Å²) in [5.74, 6) is 0.816. The molecule has 5 heteroatoms. The van der Waals surface area contributed by atoms with Gasteiger partial charge in [-0.15, -0.1) is 5.10 Å². The fourth-order valence-electron chi connectivity index (χ4n) is 1.58. The third-order valence-corrected chi connectivity index (χ3v) is 2.43. The quantitative estimate of drug-likeness (QED) is 0.828. The Bertz CT molecular complexity index is 463. The highest BCUT2D eigenvalue weighted by molar-refractivity contribution is 5.35. The van der Waals surface area contributed by atoms with Crippen molar-refractivity contribution in [2.45, 2.75) is 19.9 Å². The molecule has 0 radical (unpaired) electrons. The van der Waals surface area contributed by atoms with Crippen molar-refractivity contribution in [3.8, 4) is 5.69 Å². The van der Waals surface area contributed by atoms with E-state index in [9.17, 15) is 0 Å². The van der Waals surface area contributed by atoms with Crippen molar-refractivity contribution in [3.63, 3.8) is 0 Å². The Hall–Kier alpha value is -1.75. The van der Waals surface area contributed by atoms with Crippen molar-refractivity contribution in [2.75, 3.05) is 7.05 Å². The molecular formula is C11H15N5. The number of nitrogens with one attached hydrogen (secondary N) is 1. The van der Waals surface area contributed by atoms with Crippen molar-refractivity contribution < 1.29 is 0 Å². The van der Waals surface area contributed by atoms with Gasteiger partial charge in [0.2, 0.25) is 0 Å². The summed E-state index contributed by atoms with van der Waals surface area (Å²) >= 11 is 0. The van der Waals surface area contributed by atoms with Crippen molar-refractivity contribution in [2.24, 2.45) is 0 Å². The molecule has 0 spiro atoms. The average Bonchev–Trinajstić information content (AvgIpc) is 2.78. The summed E-state index contributed by atoms with van der Waals surface area (Å²) in [5, 5.41) is 14.7. The van der Waals surface area contributed by atoms with Crippen LogP contribution < -0.4 is 5.32 Å². The van der Waals surface area contributed by atoms with E-state index in [1.165, 1.54) is 5.56 Å². The number of aromatic nitrogens is 4. The molecule has 1 N–H and O–H groups in total. The molecule has 0 amide bonds. The molecule has 0 saturated carbocycles. The van der Waals surface area contributed by atoms with Crippen LogP contribution in [-0.4, -0.2) is 27.3 Å². The van der Waals surface area contributed by atoms with Crippen LogP contribution in [0.15, 0.2) is 24.3 Å². The summed E-state index contributed by atoms with van der Waals surface area (Å²) in [4.78, 5) is 0. The van der Waals surface area contributed by atoms with Crippen LogP contribution in [0.1, 0.15) is 18.3 Å². The van der Waals surface area contributed by atoms with E-state index in [4.69, 9.17) is 0 Å². The third-order valence-electron chi connectivity index (χ3n) is 2.43. The van der Waals surface area contributed by atoms with E-state index in [2.05, 4.69) is 39.9 Å². The molecule has 84 valence electrons. The molecule has 0 fully saturated rings. The molecule has 2 rings (SSSR count). The van der Waals surface area contributed by atoms with Crippen LogP contribution in [0.3, 0.4) is 0 Å². The lowest BCUT2D eigenvalue weighted by Gasteiger charge is -2.05. The second-order valence-electron chi connectivity index (χ2n) is 3.56. The Morgan fingerprint density at radius 2 is 2.25 bits per heavy atom. The van der Waals surface area contributed by atoms with E-state index in [0.717, 1.165) is 17.9 Å². The summed E-state index contributed by atoms with van der Waals surface area (Å²) in [7, 11) is 1.88. The minimum absolute atomic E-state index is 0.656. The summed E-state index contributed by atoms with van der Waals surface area (Å²) < 4.78 is 1.76. The first-order chi connectivity index (χ1) is 7.85. The lowest BCUT2D eigenvalue weighted by molar-refractivity contribution is 0.708. The number of tetrazole rings is 1. The predicted octanol–water partition coefficient (Wildman–Crippen LogP) is 0.944. The van der Waals surface area contributed by atoms with E-state index in [1.807, 2.05) is 19.2 Å². The summed E-state index contributed by atoms with van der Waals surface area (Å²) in [5.41, 5.74) is 2.29. The maximum absolute atomic E-state index is 4.00. The van der Waals surface area contributed by atoms with Crippen LogP contribution in [0.4, 0.5) is 0 Å². The number of nitrogens with zero attached hydrogens (tertiary/aromatic N) is 4. The van der Waals surface area contributed by atoms with Gasteiger partial charge in [0.25, 0.3) is 0 Å². The Labute approximate surface area is 94.5 Å². The summed E-state index contributed by atoms with van der Waals surface area (Å²) in [6.45, 7) is 2.79. The molecule has 0 aliphatic carbocycles. The van der Waals surface area contributed by atoms with E-state index < -0.39 is 0 Å². The van der Waals surface area contributed by atoms with Gasteiger partial charge in [-0.05, 0) is 41.6 Å². The topological polar surface area (TPSA) is 55.6 Å². The van der Waals surface area contributed by atoms with Crippen molar-refractivity contribution >= 4 is 0 Å². The van der Waals surface area contributed by atoms with Crippen LogP contribution in [-0.2, 0) is 13.0 Å². The number of hydrogen-bond donors (Lipinski definition) is 1. The molecule has 1 aromatic carbocycles. The SMILES string of the molecule is CCc1cccc(-n2nnnc2CNC)c1. The van der Waals surface area contributed by atoms with E-state index in [-0.39, 0.29) is 0 Å². The molecule has 2 aromatic rings. The minimum Gasteiger partial charge on any atom is -0.313 e. The first kappa shape index (κ1) is 10.8. The second-order valence-corrected chi connectivity index (χ2v) is 3.56. The van der Waals surface area contributed by atoms with Gasteiger partial charge in [0, 0.05) is 0 Å². The van der Waals surface area contributed by atoms with Gasteiger partial charge in [0.1, 0.15) is 0 Å². The highest BCUT2D eigenvalue weighted by Crippen LogP contribution is 2.11. The number of benzene rings is 1. The second kappa shape index (κ2) is 4.85. The molecule has 0 saturated heterocycles. The molecule has 5 nitrogen and oxygen atoms in total. The van der Waals surface area contributed by atoms with Gasteiger partial charge in [-0.25, -0.2) is 0 Å². The van der Waals surface area contributed by atoms with Gasteiger partial charge in [-0.3, -0.25) is 0 Å². The standard InChI is InChI=1S/C11H15N5/c1-3-9-5-4-6-10(7-9)16-11(8-12-2)13-14-15-16/h4-7,12H,3,8H2,1-2H3. The van der Waals surface area contributed by atoms with E-state index >= 15 is 0 Å². The van der Waals surface area contributed by atoms with Gasteiger partial charge < -0.3 is 5.32 Å². The maximum Gasteiger partial charge on any atom is 0.170 e. The van der Waals surface area contributed by atoms with Crippen molar-refractivity contribution in [1.82, 2.24) is 25.5 Å². The Kier molecular flexibility index (Phi) is 3.26. The highest BCUT2D eigenvalue weighted by atomic mass is 15.5. The molecule has 1 heterocycles. The molecule has 0 aliphatic rings. The molecule has 0 atom stereocenters. The van der Waals surface area contributed by atoms with E-state index in [1.54, 1.807) is 4.68 Å². The van der Waals surface area contributed by atoms with Gasteiger partial charge in [-0.2, -0.15) is 4.68 Å². The average molecular weight is 217 g/mol. The zero-order chi connectivity index (χ0) is 11.4. The molecule has 1 aromatic heterocycles. The molecule has 0 unspecified atom stereocenters. The highest BCUT2D eigenvalue weighted by Gasteiger charge is 2.06. The Balaban J connectivity index is 2.37. The minimum atomic E-state index is 0.656. The summed E-state index contributed by atoms with van der Waals surface area (Å²) in [6, 6.07) is 8.24. The van der Waals surface area contributed by atoms with Crippen LogP contribution in [0.5, 0.6) is 0 Å². The fraction of sp³-hybridized carbons (Fsp3) is 0.364. The van der Waals surface area contributed by atoms with Gasteiger partial charge >= 0.3 is 0 Å². The van der Waals surface area contributed by atoms with Crippen LogP contribution in [0.2, 0.25) is 0 Å². The van der Waals surface area contributed by atoms with Gasteiger partial charge in [-0.1, -0.05) is 19.1 Å². The molecule has 0 bridgehead atoms. The number of aryl methyl sites for hydroxylation is 1.